The molecule has 0 fully saturated rings. The lowest BCUT2D eigenvalue weighted by molar-refractivity contribution is 1.19. The van der Waals surface area contributed by atoms with Gasteiger partial charge in [0.05, 0.1) is 0 Å². The first-order chi connectivity index (χ1) is 5.34. The Balaban J connectivity index is 3.07. The Morgan fingerprint density at radius 1 is 1.36 bits per heavy atom. The summed E-state index contributed by atoms with van der Waals surface area (Å²) in [4.78, 5) is 7.54. The van der Waals surface area contributed by atoms with Gasteiger partial charge in [-0.2, -0.15) is 5.26 Å². The number of hydrogen-bond donors (Lipinski definition) is 1. The van der Waals surface area contributed by atoms with Crippen molar-refractivity contribution in [1.29, 1.82) is 5.26 Å². The zero-order valence-electron chi connectivity index (χ0n) is 5.57. The number of hydrogen-bond acceptors (Lipinski definition) is 4. The van der Waals surface area contributed by atoms with E-state index in [1.54, 1.807) is 6.07 Å². The van der Waals surface area contributed by atoms with Crippen LogP contribution in [0.15, 0.2) is 12.4 Å². The molecule has 0 saturated carbocycles. The van der Waals surface area contributed by atoms with Crippen LogP contribution in [0.5, 0.6) is 0 Å². The molecule has 0 saturated heterocycles. The zero-order valence-corrected chi connectivity index (χ0v) is 5.57. The highest BCUT2D eigenvalue weighted by molar-refractivity contribution is 5.46. The highest BCUT2D eigenvalue weighted by atomic mass is 14.9. The number of anilines is 1. The van der Waals surface area contributed by atoms with Gasteiger partial charge in [-0.15, -0.1) is 0 Å². The van der Waals surface area contributed by atoms with Gasteiger partial charge in [0.2, 0.25) is 0 Å². The third-order valence-electron chi connectivity index (χ3n) is 0.963. The summed E-state index contributed by atoms with van der Waals surface area (Å²) >= 11 is 0. The monoisotopic (exact) mass is 144 g/mol. The molecule has 0 aliphatic heterocycles. The fourth-order valence-electron chi connectivity index (χ4n) is 0.532. The largest absolute Gasteiger partial charge is 0.381 e. The molecule has 2 N–H and O–H groups in total. The van der Waals surface area contributed by atoms with Crippen molar-refractivity contribution in [3.05, 3.63) is 18.1 Å². The van der Waals surface area contributed by atoms with Gasteiger partial charge in [0.15, 0.2) is 17.6 Å². The first-order valence-corrected chi connectivity index (χ1v) is 2.81. The highest BCUT2D eigenvalue weighted by Crippen LogP contribution is 1.98. The van der Waals surface area contributed by atoms with Crippen molar-refractivity contribution in [2.45, 2.75) is 0 Å². The van der Waals surface area contributed by atoms with Crippen LogP contribution in [0.4, 0.5) is 5.82 Å². The van der Waals surface area contributed by atoms with Gasteiger partial charge < -0.3 is 5.73 Å². The summed E-state index contributed by atoms with van der Waals surface area (Å²) < 4.78 is 0. The Morgan fingerprint density at radius 3 is 2.73 bits per heavy atom. The van der Waals surface area contributed by atoms with Gasteiger partial charge in [-0.25, -0.2) is 9.97 Å². The van der Waals surface area contributed by atoms with Crippen LogP contribution >= 0.6 is 0 Å². The molecule has 0 bridgehead atoms. The van der Waals surface area contributed by atoms with Crippen LogP contribution < -0.4 is 5.73 Å². The minimum absolute atomic E-state index is 0.246. The van der Waals surface area contributed by atoms with E-state index in [9.17, 15) is 0 Å². The first-order valence-electron chi connectivity index (χ1n) is 2.81. The number of aromatic nitrogens is 2. The lowest BCUT2D eigenvalue weighted by Gasteiger charge is -1.91. The molecule has 1 rings (SSSR count). The molecule has 0 radical (unpaired) electrons. The molecule has 1 heterocycles. The molecule has 4 heteroatoms. The van der Waals surface area contributed by atoms with Gasteiger partial charge >= 0.3 is 0 Å². The number of nitriles is 1. The van der Waals surface area contributed by atoms with Gasteiger partial charge in [-0.1, -0.05) is 0 Å². The minimum Gasteiger partial charge on any atom is -0.381 e. The van der Waals surface area contributed by atoms with Gasteiger partial charge in [0.1, 0.15) is 0 Å². The quantitative estimate of drug-likeness (QED) is 0.517. The molecule has 0 aliphatic rings. The second-order valence-corrected chi connectivity index (χ2v) is 1.65. The van der Waals surface area contributed by atoms with E-state index in [-0.39, 0.29) is 5.82 Å². The highest BCUT2D eigenvalue weighted by Gasteiger charge is 1.93. The van der Waals surface area contributed by atoms with Crippen LogP contribution in [0.3, 0.4) is 0 Å². The standard InChI is InChI=1S/C7H4N4/c8-3-1-2-6-7(9)11-5-4-10-6/h4-5H,(H2,9,11). The van der Waals surface area contributed by atoms with Crippen LogP contribution in [-0.2, 0) is 0 Å². The molecule has 0 aliphatic carbocycles. The van der Waals surface area contributed by atoms with Crippen LogP contribution in [0, 0.1) is 23.2 Å². The Morgan fingerprint density at radius 2 is 2.09 bits per heavy atom. The molecular weight excluding hydrogens is 140 g/mol. The van der Waals surface area contributed by atoms with Crippen molar-refractivity contribution in [1.82, 2.24) is 9.97 Å². The van der Waals surface area contributed by atoms with Crippen LogP contribution in [0.25, 0.3) is 0 Å². The van der Waals surface area contributed by atoms with E-state index < -0.39 is 0 Å². The van der Waals surface area contributed by atoms with Crippen LogP contribution in [0.1, 0.15) is 5.69 Å². The molecule has 1 aromatic rings. The first kappa shape index (κ1) is 7.04. The predicted octanol–water partition coefficient (Wildman–Crippen LogP) is -0.0661. The predicted molar refractivity (Wildman–Crippen MR) is 38.9 cm³/mol. The van der Waals surface area contributed by atoms with Crippen molar-refractivity contribution in [3.8, 4) is 17.9 Å². The SMILES string of the molecule is N#CC#Cc1nccnc1N. The van der Waals surface area contributed by atoms with Crippen molar-refractivity contribution < 1.29 is 0 Å². The van der Waals surface area contributed by atoms with E-state index in [1.807, 2.05) is 0 Å². The summed E-state index contributed by atoms with van der Waals surface area (Å²) in [7, 11) is 0. The second-order valence-electron chi connectivity index (χ2n) is 1.65. The number of rotatable bonds is 0. The number of nitrogen functional groups attached to an aromatic ring is 1. The number of nitrogens with zero attached hydrogens (tertiary/aromatic N) is 3. The third-order valence-corrected chi connectivity index (χ3v) is 0.963. The van der Waals surface area contributed by atoms with E-state index in [4.69, 9.17) is 11.0 Å². The van der Waals surface area contributed by atoms with E-state index in [2.05, 4.69) is 21.8 Å². The second kappa shape index (κ2) is 3.19. The maximum Gasteiger partial charge on any atom is 0.158 e. The average Bonchev–Trinajstić information content (AvgIpc) is 2.03. The van der Waals surface area contributed by atoms with Crippen molar-refractivity contribution >= 4 is 5.82 Å². The molecule has 0 unspecified atom stereocenters. The van der Waals surface area contributed by atoms with Crippen LogP contribution in [-0.4, -0.2) is 9.97 Å². The van der Waals surface area contributed by atoms with E-state index in [1.165, 1.54) is 12.4 Å². The lowest BCUT2D eigenvalue weighted by Crippen LogP contribution is -1.95. The molecular formula is C7H4N4. The third kappa shape index (κ3) is 1.67. The van der Waals surface area contributed by atoms with E-state index >= 15 is 0 Å². The normalized spacial score (nSPS) is 7.55. The summed E-state index contributed by atoms with van der Waals surface area (Å²) in [6.45, 7) is 0. The fraction of sp³-hybridized carbons (Fsp3) is 0. The molecule has 0 amide bonds. The van der Waals surface area contributed by atoms with Gasteiger partial charge in [-0.3, -0.25) is 0 Å². The van der Waals surface area contributed by atoms with Crippen LogP contribution in [0.2, 0.25) is 0 Å². The summed E-state index contributed by atoms with van der Waals surface area (Å²) in [5, 5.41) is 8.11. The maximum absolute atomic E-state index is 8.11. The summed E-state index contributed by atoms with van der Waals surface area (Å²) in [6.07, 6.45) is 2.94. The molecule has 0 spiro atoms. The lowest BCUT2D eigenvalue weighted by atomic mass is 10.4. The van der Waals surface area contributed by atoms with Gasteiger partial charge in [0.25, 0.3) is 0 Å². The van der Waals surface area contributed by atoms with E-state index in [0.29, 0.717) is 5.69 Å². The van der Waals surface area contributed by atoms with Gasteiger partial charge in [-0.05, 0) is 5.92 Å². The molecule has 0 atom stereocenters. The van der Waals surface area contributed by atoms with Crippen molar-refractivity contribution in [3.63, 3.8) is 0 Å². The topological polar surface area (TPSA) is 75.6 Å². The Hall–Kier alpha value is -2.07. The molecule has 0 aromatic carbocycles. The summed E-state index contributed by atoms with van der Waals surface area (Å²) in [5.74, 6) is 4.88. The maximum atomic E-state index is 8.11. The Kier molecular flexibility index (Phi) is 2.04. The van der Waals surface area contributed by atoms with Crippen molar-refractivity contribution in [2.24, 2.45) is 0 Å². The Labute approximate surface area is 63.7 Å². The molecule has 11 heavy (non-hydrogen) atoms. The molecule has 4 nitrogen and oxygen atoms in total. The summed E-state index contributed by atoms with van der Waals surface area (Å²) in [6, 6.07) is 1.66. The molecule has 1 aromatic heterocycles. The minimum atomic E-state index is 0.246. The average molecular weight is 144 g/mol. The number of nitrogens with two attached hydrogens (primary N) is 1. The summed E-state index contributed by atoms with van der Waals surface area (Å²) in [5.41, 5.74) is 5.72. The zero-order chi connectivity index (χ0) is 8.10. The molecule has 52 valence electrons. The van der Waals surface area contributed by atoms with Crippen molar-refractivity contribution in [2.75, 3.05) is 5.73 Å². The smallest absolute Gasteiger partial charge is 0.158 e. The Bertz CT molecular complexity index is 353. The van der Waals surface area contributed by atoms with Gasteiger partial charge in [0, 0.05) is 18.3 Å². The van der Waals surface area contributed by atoms with E-state index in [0.717, 1.165) is 0 Å². The fourth-order valence-corrected chi connectivity index (χ4v) is 0.532.